The van der Waals surface area contributed by atoms with Gasteiger partial charge in [0.05, 0.1) is 25.6 Å². The molecule has 2 aromatic rings. The van der Waals surface area contributed by atoms with Crippen LogP contribution in [-0.2, 0) is 18.3 Å². The Morgan fingerprint density at radius 3 is 2.59 bits per heavy atom. The lowest BCUT2D eigenvalue weighted by atomic mass is 10.0. The van der Waals surface area contributed by atoms with Crippen molar-refractivity contribution in [2.24, 2.45) is 0 Å². The van der Waals surface area contributed by atoms with E-state index in [-0.39, 0.29) is 24.3 Å². The van der Waals surface area contributed by atoms with Gasteiger partial charge in [-0.05, 0) is 13.8 Å². The number of fused-ring (bicyclic) bond motifs is 1. The number of ether oxygens (including phenoxy) is 1. The molecule has 0 aromatic carbocycles. The first-order valence-corrected chi connectivity index (χ1v) is 10.3. The fourth-order valence-electron chi connectivity index (χ4n) is 3.11. The fourth-order valence-corrected chi connectivity index (χ4v) is 4.47. The van der Waals surface area contributed by atoms with E-state index >= 15 is 0 Å². The highest BCUT2D eigenvalue weighted by molar-refractivity contribution is 7.53. The minimum absolute atomic E-state index is 0.174. The average molecular weight is 402 g/mol. The van der Waals surface area contributed by atoms with Crippen molar-refractivity contribution in [1.82, 2.24) is 20.3 Å². The second kappa shape index (κ2) is 8.19. The maximum absolute atomic E-state index is 12.6. The summed E-state index contributed by atoms with van der Waals surface area (Å²) >= 11 is 0. The van der Waals surface area contributed by atoms with Gasteiger partial charge in [0.25, 0.3) is 5.56 Å². The van der Waals surface area contributed by atoms with E-state index in [0.29, 0.717) is 11.1 Å². The Balaban J connectivity index is 1.87. The van der Waals surface area contributed by atoms with Gasteiger partial charge in [-0.25, -0.2) is 4.98 Å². The van der Waals surface area contributed by atoms with E-state index in [1.54, 1.807) is 20.0 Å². The molecule has 3 rings (SSSR count). The Kier molecular flexibility index (Phi) is 6.11. The second-order valence-electron chi connectivity index (χ2n) is 5.99. The molecule has 27 heavy (non-hydrogen) atoms. The molecule has 0 amide bonds. The summed E-state index contributed by atoms with van der Waals surface area (Å²) in [4.78, 5) is 21.3. The van der Waals surface area contributed by atoms with Crippen LogP contribution < -0.4 is 10.9 Å². The van der Waals surface area contributed by atoms with Crippen LogP contribution >= 0.6 is 7.60 Å². The highest BCUT2D eigenvalue weighted by Gasteiger charge is 2.45. The molecule has 1 aliphatic heterocycles. The molecule has 1 saturated heterocycles. The van der Waals surface area contributed by atoms with Crippen molar-refractivity contribution in [2.45, 2.75) is 38.3 Å². The number of aromatic amines is 2. The molecule has 1 aliphatic rings. The summed E-state index contributed by atoms with van der Waals surface area (Å²) in [6, 6.07) is -0.699. The van der Waals surface area contributed by atoms with E-state index in [9.17, 15) is 19.6 Å². The van der Waals surface area contributed by atoms with E-state index in [4.69, 9.17) is 13.8 Å². The molecule has 150 valence electrons. The van der Waals surface area contributed by atoms with Crippen LogP contribution in [0.5, 0.6) is 0 Å². The van der Waals surface area contributed by atoms with E-state index in [2.05, 4.69) is 20.3 Å². The van der Waals surface area contributed by atoms with Crippen molar-refractivity contribution >= 4 is 18.6 Å². The van der Waals surface area contributed by atoms with Crippen molar-refractivity contribution in [1.29, 1.82) is 0 Å². The second-order valence-corrected chi connectivity index (χ2v) is 7.98. The lowest BCUT2D eigenvalue weighted by molar-refractivity contribution is -0.0510. The predicted octanol–water partition coefficient (Wildman–Crippen LogP) is 0.184. The average Bonchev–Trinajstić information content (AvgIpc) is 3.17. The number of aromatic nitrogens is 3. The third-order valence-electron chi connectivity index (χ3n) is 4.25. The molecule has 2 aromatic heterocycles. The molecule has 5 N–H and O–H groups in total. The van der Waals surface area contributed by atoms with Crippen LogP contribution in [0.25, 0.3) is 11.0 Å². The minimum atomic E-state index is -3.50. The van der Waals surface area contributed by atoms with Crippen molar-refractivity contribution in [3.8, 4) is 0 Å². The van der Waals surface area contributed by atoms with Gasteiger partial charge in [-0.2, -0.15) is 0 Å². The zero-order valence-corrected chi connectivity index (χ0v) is 15.8. The molecule has 11 nitrogen and oxygen atoms in total. The molecule has 1 fully saturated rings. The Morgan fingerprint density at radius 2 is 1.93 bits per heavy atom. The summed E-state index contributed by atoms with van der Waals surface area (Å²) in [5.41, 5.74) is 0.821. The number of rotatable bonds is 8. The van der Waals surface area contributed by atoms with Gasteiger partial charge >= 0.3 is 7.60 Å². The number of hydrogen-bond acceptors (Lipinski definition) is 9. The van der Waals surface area contributed by atoms with Crippen molar-refractivity contribution in [2.75, 3.05) is 19.6 Å². The van der Waals surface area contributed by atoms with Crippen LogP contribution in [0.4, 0.5) is 0 Å². The van der Waals surface area contributed by atoms with Gasteiger partial charge in [-0.15, -0.1) is 0 Å². The quantitative estimate of drug-likeness (QED) is 0.388. The van der Waals surface area contributed by atoms with Crippen molar-refractivity contribution in [3.05, 3.63) is 28.4 Å². The van der Waals surface area contributed by atoms with Gasteiger partial charge in [0.15, 0.2) is 0 Å². The molecule has 0 saturated carbocycles. The van der Waals surface area contributed by atoms with Gasteiger partial charge in [0.2, 0.25) is 0 Å². The lowest BCUT2D eigenvalue weighted by Gasteiger charge is -2.24. The van der Waals surface area contributed by atoms with Gasteiger partial charge in [-0.3, -0.25) is 14.7 Å². The van der Waals surface area contributed by atoms with E-state index < -0.39 is 38.4 Å². The number of nitrogens with zero attached hydrogens (tertiary/aromatic N) is 1. The third kappa shape index (κ3) is 3.99. The Labute approximate surface area is 154 Å². The fraction of sp³-hybridized carbons (Fsp3) is 0.600. The Morgan fingerprint density at radius 1 is 1.22 bits per heavy atom. The summed E-state index contributed by atoms with van der Waals surface area (Å²) in [7, 11) is -3.50. The Bertz CT molecular complexity index is 874. The number of hydrogen-bond donors (Lipinski definition) is 5. The van der Waals surface area contributed by atoms with Gasteiger partial charge in [0.1, 0.15) is 35.8 Å². The summed E-state index contributed by atoms with van der Waals surface area (Å²) in [5.74, 6) is 0. The van der Waals surface area contributed by atoms with Crippen molar-refractivity contribution in [3.63, 3.8) is 0 Å². The minimum Gasteiger partial charge on any atom is -0.386 e. The van der Waals surface area contributed by atoms with Crippen LogP contribution in [0.3, 0.4) is 0 Å². The molecule has 0 spiro atoms. The van der Waals surface area contributed by atoms with Crippen LogP contribution in [0.15, 0.2) is 17.3 Å². The Hall–Kier alpha value is -1.59. The van der Waals surface area contributed by atoms with Crippen molar-refractivity contribution < 1.29 is 28.6 Å². The first-order chi connectivity index (χ1) is 12.9. The molecule has 3 heterocycles. The monoisotopic (exact) mass is 402 g/mol. The van der Waals surface area contributed by atoms with E-state index in [1.807, 2.05) is 0 Å². The largest absolute Gasteiger partial charge is 0.386 e. The van der Waals surface area contributed by atoms with Crippen LogP contribution in [0.1, 0.15) is 25.5 Å². The third-order valence-corrected chi connectivity index (χ3v) is 6.02. The SMILES string of the molecule is CCOP(=O)(CO[C@@H]1[C@H](O)[C@@H](O)N[C@H]1c1c[nH]c2c(=O)[nH]cnc12)OCC. The standard InChI is InChI=1S/C15H23N4O7P/c1-3-25-27(23,26-4-2)7-24-13-10(19-15(22)12(13)20)8-5-16-11-9(8)17-6-18-14(11)21/h5-6,10,12-13,15-16,19-20,22H,3-4,7H2,1-2H3,(H,17,18,21)/t10-,12-,13-,15+/m0/s1. The topological polar surface area (TPSA) is 159 Å². The number of nitrogens with one attached hydrogen (secondary N) is 3. The van der Waals surface area contributed by atoms with Gasteiger partial charge in [0, 0.05) is 11.8 Å². The number of aliphatic hydroxyl groups is 2. The van der Waals surface area contributed by atoms with E-state index in [1.165, 1.54) is 6.33 Å². The highest BCUT2D eigenvalue weighted by Crippen LogP contribution is 2.49. The van der Waals surface area contributed by atoms with Gasteiger partial charge in [-0.1, -0.05) is 0 Å². The molecule has 12 heteroatoms. The molecule has 0 bridgehead atoms. The summed E-state index contributed by atoms with van der Waals surface area (Å²) in [6.07, 6.45) is -1.11. The molecule has 0 unspecified atom stereocenters. The zero-order valence-electron chi connectivity index (χ0n) is 14.9. The van der Waals surface area contributed by atoms with Crippen LogP contribution in [0.2, 0.25) is 0 Å². The summed E-state index contributed by atoms with van der Waals surface area (Å²) in [6.45, 7) is 3.71. The molecular formula is C15H23N4O7P. The van der Waals surface area contributed by atoms with Crippen LogP contribution in [0, 0.1) is 0 Å². The van der Waals surface area contributed by atoms with Crippen LogP contribution in [-0.4, -0.2) is 63.2 Å². The highest BCUT2D eigenvalue weighted by atomic mass is 31.2. The number of aliphatic hydroxyl groups excluding tert-OH is 2. The predicted molar refractivity (Wildman–Crippen MR) is 95.2 cm³/mol. The zero-order chi connectivity index (χ0) is 19.6. The molecule has 0 aliphatic carbocycles. The maximum atomic E-state index is 12.6. The van der Waals surface area contributed by atoms with Gasteiger partial charge < -0.3 is 34.0 Å². The molecule has 4 atom stereocenters. The first-order valence-electron chi connectivity index (χ1n) is 8.56. The summed E-state index contributed by atoms with van der Waals surface area (Å²) in [5, 5.41) is 23.1. The normalized spacial score (nSPS) is 26.1. The lowest BCUT2D eigenvalue weighted by Crippen LogP contribution is -2.34. The molecular weight excluding hydrogens is 379 g/mol. The maximum Gasteiger partial charge on any atom is 0.356 e. The first kappa shape index (κ1) is 20.2. The number of H-pyrrole nitrogens is 2. The summed E-state index contributed by atoms with van der Waals surface area (Å²) < 4.78 is 28.6. The van der Waals surface area contributed by atoms with E-state index in [0.717, 1.165) is 0 Å². The molecule has 0 radical (unpaired) electrons. The smallest absolute Gasteiger partial charge is 0.356 e.